The van der Waals surface area contributed by atoms with E-state index in [-0.39, 0.29) is 11.1 Å². The minimum absolute atomic E-state index is 0.0157. The van der Waals surface area contributed by atoms with E-state index in [0.717, 1.165) is 13.8 Å². The molecule has 16 nitrogen and oxygen atoms in total. The summed E-state index contributed by atoms with van der Waals surface area (Å²) in [5.74, 6) is -10.9. The lowest BCUT2D eigenvalue weighted by atomic mass is 9.72. The number of hydrogen-bond donors (Lipinski definition) is 1. The molecule has 0 radical (unpaired) electrons. The average Bonchev–Trinajstić information content (AvgIpc) is 3.40. The molecule has 2 aromatic heterocycles. The van der Waals surface area contributed by atoms with Crippen molar-refractivity contribution in [1.82, 2.24) is 9.97 Å². The van der Waals surface area contributed by atoms with E-state index in [1.807, 2.05) is 0 Å². The second-order valence-electron chi connectivity index (χ2n) is 16.7. The van der Waals surface area contributed by atoms with E-state index in [9.17, 15) is 38.7 Å². The fraction of sp³-hybridized carbons (Fsp3) is 0.523. The van der Waals surface area contributed by atoms with Gasteiger partial charge in [0.05, 0.1) is 28.9 Å². The summed E-state index contributed by atoms with van der Waals surface area (Å²) in [6, 6.07) is 5.77. The van der Waals surface area contributed by atoms with Gasteiger partial charge in [-0.05, 0) is 31.2 Å². The molecule has 0 saturated heterocycles. The number of nitrogens with zero attached hydrogens (tertiary/aromatic N) is 2. The Kier molecular flexibility index (Phi) is 14.6. The second kappa shape index (κ2) is 18.7. The topological polar surface area (TPSA) is 221 Å². The molecule has 0 aromatic carbocycles. The van der Waals surface area contributed by atoms with Gasteiger partial charge in [-0.1, -0.05) is 67.2 Å². The number of hydrogen-bond acceptors (Lipinski definition) is 16. The molecule has 9 atom stereocenters. The van der Waals surface area contributed by atoms with Crippen LogP contribution in [0.5, 0.6) is 0 Å². The van der Waals surface area contributed by atoms with Crippen LogP contribution in [-0.4, -0.2) is 98.4 Å². The third kappa shape index (κ3) is 10.3. The van der Waals surface area contributed by atoms with Crippen molar-refractivity contribution < 1.29 is 67.1 Å². The number of allylic oxidation sites excluding steroid dienone is 1. The molecule has 2 aliphatic carbocycles. The van der Waals surface area contributed by atoms with E-state index < -0.39 is 124 Å². The molecule has 0 amide bonds. The highest BCUT2D eigenvalue weighted by molar-refractivity contribution is 5.93. The summed E-state index contributed by atoms with van der Waals surface area (Å²) in [6.07, 6.45) is -1.33. The van der Waals surface area contributed by atoms with Gasteiger partial charge < -0.3 is 33.5 Å². The van der Waals surface area contributed by atoms with Gasteiger partial charge in [0, 0.05) is 62.0 Å². The first-order valence-electron chi connectivity index (χ1n) is 19.6. The normalized spacial score (nSPS) is 29.0. The lowest BCUT2D eigenvalue weighted by molar-refractivity contribution is -0.189. The number of aromatic nitrogens is 2. The molecule has 16 heteroatoms. The van der Waals surface area contributed by atoms with Crippen LogP contribution in [0.25, 0.3) is 0 Å². The summed E-state index contributed by atoms with van der Waals surface area (Å²) in [5.41, 5.74) is -6.45. The van der Waals surface area contributed by atoms with Crippen LogP contribution >= 0.6 is 0 Å². The second-order valence-corrected chi connectivity index (χ2v) is 16.7. The van der Waals surface area contributed by atoms with Gasteiger partial charge in [0.15, 0.2) is 30.2 Å². The smallest absolute Gasteiger partial charge is 0.340 e. The predicted molar refractivity (Wildman–Crippen MR) is 211 cm³/mol. The van der Waals surface area contributed by atoms with Crippen molar-refractivity contribution in [2.45, 2.75) is 117 Å². The Morgan fingerprint density at radius 3 is 1.78 bits per heavy atom. The zero-order valence-electron chi connectivity index (χ0n) is 35.5. The Hall–Kier alpha value is -5.77. The molecule has 2 aliphatic rings. The highest BCUT2D eigenvalue weighted by atomic mass is 16.6. The first-order chi connectivity index (χ1) is 27.9. The maximum atomic E-state index is 14.9. The van der Waals surface area contributed by atoms with E-state index in [1.54, 1.807) is 13.8 Å². The number of Topliss-reactive ketones (excluding diaryl/α,β-unsaturated/α-hetero) is 1. The Labute approximate surface area is 349 Å². The Morgan fingerprint density at radius 1 is 0.767 bits per heavy atom. The van der Waals surface area contributed by atoms with Gasteiger partial charge in [-0.15, -0.1) is 0 Å². The average molecular weight is 835 g/mol. The highest BCUT2D eigenvalue weighted by Gasteiger charge is 2.70. The molecular formula is C44H54N2O14. The van der Waals surface area contributed by atoms with Gasteiger partial charge in [0.25, 0.3) is 0 Å². The summed E-state index contributed by atoms with van der Waals surface area (Å²) in [4.78, 5) is 104. The quantitative estimate of drug-likeness (QED) is 0.194. The molecule has 0 aliphatic heterocycles. The van der Waals surface area contributed by atoms with Crippen LogP contribution in [0.1, 0.15) is 96.4 Å². The maximum absolute atomic E-state index is 14.9. The van der Waals surface area contributed by atoms with Crippen molar-refractivity contribution >= 4 is 41.6 Å². The third-order valence-electron chi connectivity index (χ3n) is 10.5. The van der Waals surface area contributed by atoms with Gasteiger partial charge in [0.2, 0.25) is 0 Å². The number of carbonyl (C=O) groups is 7. The molecule has 1 saturated carbocycles. The van der Waals surface area contributed by atoms with Crippen molar-refractivity contribution in [3.05, 3.63) is 84.5 Å². The molecule has 1 N–H and O–H groups in total. The number of ketones is 1. The first kappa shape index (κ1) is 46.9. The predicted octanol–water partition coefficient (Wildman–Crippen LogP) is 4.73. The number of aliphatic hydroxyl groups is 1. The zero-order valence-corrected chi connectivity index (χ0v) is 35.5. The summed E-state index contributed by atoms with van der Waals surface area (Å²) < 4.78 is 36.2. The monoisotopic (exact) mass is 834 g/mol. The van der Waals surface area contributed by atoms with Crippen molar-refractivity contribution in [3.8, 4) is 0 Å². The maximum Gasteiger partial charge on any atom is 0.340 e. The van der Waals surface area contributed by atoms with E-state index in [1.165, 1.54) is 103 Å². The van der Waals surface area contributed by atoms with Gasteiger partial charge in [-0.2, -0.15) is 0 Å². The van der Waals surface area contributed by atoms with Crippen LogP contribution in [0.15, 0.2) is 73.4 Å². The van der Waals surface area contributed by atoms with E-state index >= 15 is 0 Å². The lowest BCUT2D eigenvalue weighted by Crippen LogP contribution is -2.58. The van der Waals surface area contributed by atoms with Gasteiger partial charge in [-0.3, -0.25) is 33.9 Å². The molecule has 324 valence electrons. The number of rotatable bonds is 10. The van der Waals surface area contributed by atoms with E-state index in [0.29, 0.717) is 0 Å². The standard InChI is InChI=1S/C44H54N2O14/c1-23(2)38(50)57-33-26(6)32(56-40(52)29-14-12-18-45-20-29)31-36(58-39(51)24(3)4)43(11,60-28(8)48)22-44(31,54)35(49)25(5)16-17-42(9,10)37(34(33)55-27(7)47)59-41(53)30-15-13-19-46-21-30/h12-21,23-25,31-34,36-37,54H,6,22H2,1-5,7-11H3/t25-,31+,32+,33+,34-,36-,37-,43-,44-/m0/s1. The minimum atomic E-state index is -2.64. The lowest BCUT2D eigenvalue weighted by Gasteiger charge is -2.44. The third-order valence-corrected chi connectivity index (χ3v) is 10.5. The largest absolute Gasteiger partial charge is 0.457 e. The van der Waals surface area contributed by atoms with Crippen LogP contribution in [0.3, 0.4) is 0 Å². The highest BCUT2D eigenvalue weighted by Crippen LogP contribution is 2.52. The molecule has 60 heavy (non-hydrogen) atoms. The van der Waals surface area contributed by atoms with Gasteiger partial charge >= 0.3 is 35.8 Å². The van der Waals surface area contributed by atoms with Gasteiger partial charge in [0.1, 0.15) is 17.3 Å². The molecule has 4 rings (SSSR count). The number of pyridine rings is 2. The van der Waals surface area contributed by atoms with Crippen LogP contribution in [-0.2, 0) is 52.4 Å². The zero-order chi connectivity index (χ0) is 44.9. The minimum Gasteiger partial charge on any atom is -0.457 e. The van der Waals surface area contributed by atoms with E-state index in [2.05, 4.69) is 16.5 Å². The van der Waals surface area contributed by atoms with Crippen molar-refractivity contribution in [2.24, 2.45) is 29.1 Å². The Bertz CT molecular complexity index is 2000. The fourth-order valence-corrected chi connectivity index (χ4v) is 7.50. The molecule has 0 spiro atoms. The van der Waals surface area contributed by atoms with Crippen molar-refractivity contribution in [2.75, 3.05) is 0 Å². The molecule has 1 fully saturated rings. The first-order valence-corrected chi connectivity index (χ1v) is 19.6. The molecule has 0 unspecified atom stereocenters. The molecular weight excluding hydrogens is 780 g/mol. The molecule has 2 heterocycles. The van der Waals surface area contributed by atoms with Crippen LogP contribution < -0.4 is 0 Å². The summed E-state index contributed by atoms with van der Waals surface area (Å²) >= 11 is 0. The SMILES string of the molecule is C=C1[C@@H](OC(=O)C(C)C)[C@H](OC(C)=O)[C@H](OC(=O)c2cccnc2)C(C)(C)C=C[C@H](C)C(=O)[C@]2(O)C[C@](C)(OC(C)=O)[C@@H](OC(=O)C(C)C)[C@H]2[C@@H]1OC(=O)c1cccnc1. The fourth-order valence-electron chi connectivity index (χ4n) is 7.50. The summed E-state index contributed by atoms with van der Waals surface area (Å²) in [7, 11) is 0. The Balaban J connectivity index is 2.15. The number of ether oxygens (including phenoxy) is 6. The summed E-state index contributed by atoms with van der Waals surface area (Å²) in [5, 5.41) is 13.0. The Morgan fingerprint density at radius 2 is 1.30 bits per heavy atom. The van der Waals surface area contributed by atoms with Crippen molar-refractivity contribution in [3.63, 3.8) is 0 Å². The number of fused-ring (bicyclic) bond motifs is 1. The van der Waals surface area contributed by atoms with E-state index in [4.69, 9.17) is 28.4 Å². The van der Waals surface area contributed by atoms with Crippen LogP contribution in [0.2, 0.25) is 0 Å². The van der Waals surface area contributed by atoms with Crippen molar-refractivity contribution in [1.29, 1.82) is 0 Å². The number of esters is 6. The van der Waals surface area contributed by atoms with Crippen LogP contribution in [0.4, 0.5) is 0 Å². The molecule has 0 bridgehead atoms. The number of carbonyl (C=O) groups excluding carboxylic acids is 7. The van der Waals surface area contributed by atoms with Gasteiger partial charge in [-0.25, -0.2) is 9.59 Å². The van der Waals surface area contributed by atoms with Crippen LogP contribution in [0, 0.1) is 29.1 Å². The summed E-state index contributed by atoms with van der Waals surface area (Å²) in [6.45, 7) is 18.6. The molecule has 2 aromatic rings.